The van der Waals surface area contributed by atoms with E-state index in [1.165, 1.54) is 10.5 Å². The van der Waals surface area contributed by atoms with Crippen molar-refractivity contribution in [3.8, 4) is 0 Å². The number of hydrogen-bond donors (Lipinski definition) is 1. The summed E-state index contributed by atoms with van der Waals surface area (Å²) in [5.41, 5.74) is 11.7. The largest absolute Gasteiger partial charge is 0.317 e. The van der Waals surface area contributed by atoms with Crippen LogP contribution in [-0.4, -0.2) is 17.8 Å². The first-order valence-corrected chi connectivity index (χ1v) is 13.1. The standard InChI is InChI=1S/C28H26N4O3S/c1-17-7-10-21(11-8-17)16-32-25(29)24(36(34,35)22-12-9-18(2)20(4)14-22)15-23-27(32)30-26-19(3)6-5-13-31(26)28(23)33/h5-15,29H,16H2,1-4H3/p+1. The van der Waals surface area contributed by atoms with Crippen molar-refractivity contribution in [2.45, 2.75) is 44.0 Å². The van der Waals surface area contributed by atoms with E-state index >= 15 is 0 Å². The molecule has 0 atom stereocenters. The van der Waals surface area contributed by atoms with Gasteiger partial charge in [-0.2, -0.15) is 0 Å². The molecule has 5 aromatic rings. The topological polar surface area (TPSA) is 98.4 Å². The fraction of sp³-hybridized carbons (Fsp3) is 0.179. The Morgan fingerprint density at radius 3 is 2.33 bits per heavy atom. The van der Waals surface area contributed by atoms with E-state index in [1.807, 2.05) is 58.0 Å². The van der Waals surface area contributed by atoms with Gasteiger partial charge in [0.1, 0.15) is 10.3 Å². The first kappa shape index (κ1) is 23.7. The van der Waals surface area contributed by atoms with Crippen LogP contribution in [0.25, 0.3) is 16.7 Å². The molecule has 0 amide bonds. The summed E-state index contributed by atoms with van der Waals surface area (Å²) >= 11 is 0. The molecule has 182 valence electrons. The van der Waals surface area contributed by atoms with Gasteiger partial charge in [-0.05, 0) is 68.7 Å². The Morgan fingerprint density at radius 2 is 1.64 bits per heavy atom. The van der Waals surface area contributed by atoms with E-state index in [2.05, 4.69) is 0 Å². The molecule has 3 heterocycles. The maximum atomic E-state index is 13.8. The highest BCUT2D eigenvalue weighted by molar-refractivity contribution is 7.91. The fourth-order valence-corrected chi connectivity index (χ4v) is 5.84. The van der Waals surface area contributed by atoms with Crippen LogP contribution >= 0.6 is 0 Å². The van der Waals surface area contributed by atoms with Gasteiger partial charge < -0.3 is 5.73 Å². The van der Waals surface area contributed by atoms with Gasteiger partial charge in [-0.15, -0.1) is 0 Å². The van der Waals surface area contributed by atoms with E-state index in [-0.39, 0.29) is 33.1 Å². The third-order valence-electron chi connectivity index (χ3n) is 6.68. The average Bonchev–Trinajstić information content (AvgIpc) is 2.84. The highest BCUT2D eigenvalue weighted by Crippen LogP contribution is 2.28. The summed E-state index contributed by atoms with van der Waals surface area (Å²) in [6.45, 7) is 7.91. The van der Waals surface area contributed by atoms with Crippen molar-refractivity contribution in [3.63, 3.8) is 0 Å². The number of nitrogens with two attached hydrogens (primary N) is 1. The van der Waals surface area contributed by atoms with Gasteiger partial charge in [0.25, 0.3) is 11.2 Å². The summed E-state index contributed by atoms with van der Waals surface area (Å²) in [5, 5.41) is 0.182. The molecule has 0 aliphatic rings. The summed E-state index contributed by atoms with van der Waals surface area (Å²) in [6.07, 6.45) is 1.63. The second-order valence-corrected chi connectivity index (χ2v) is 11.2. The van der Waals surface area contributed by atoms with Crippen molar-refractivity contribution in [2.75, 3.05) is 5.73 Å². The zero-order chi connectivity index (χ0) is 25.8. The molecule has 36 heavy (non-hydrogen) atoms. The lowest BCUT2D eigenvalue weighted by Gasteiger charge is -2.14. The summed E-state index contributed by atoms with van der Waals surface area (Å²) < 4.78 is 30.7. The molecular formula is C28H27N4O3S+. The highest BCUT2D eigenvalue weighted by atomic mass is 32.2. The maximum Gasteiger partial charge on any atom is 0.278 e. The zero-order valence-corrected chi connectivity index (χ0v) is 21.4. The first-order valence-electron chi connectivity index (χ1n) is 11.6. The number of fused-ring (bicyclic) bond motifs is 2. The fourth-order valence-electron chi connectivity index (χ4n) is 4.34. The quantitative estimate of drug-likeness (QED) is 0.299. The molecule has 0 fully saturated rings. The number of nitrogen functional groups attached to an aromatic ring is 1. The number of anilines is 1. The molecule has 3 aromatic heterocycles. The van der Waals surface area contributed by atoms with Crippen LogP contribution in [0, 0.1) is 27.7 Å². The maximum absolute atomic E-state index is 13.8. The number of aryl methyl sites for hydroxylation is 4. The third kappa shape index (κ3) is 3.83. The molecule has 2 aromatic carbocycles. The summed E-state index contributed by atoms with van der Waals surface area (Å²) in [7, 11) is -4.02. The first-order chi connectivity index (χ1) is 17.1. The predicted molar refractivity (Wildman–Crippen MR) is 140 cm³/mol. The predicted octanol–water partition coefficient (Wildman–Crippen LogP) is 3.83. The van der Waals surface area contributed by atoms with E-state index < -0.39 is 9.84 Å². The minimum atomic E-state index is -4.02. The molecule has 0 saturated carbocycles. The lowest BCUT2D eigenvalue weighted by atomic mass is 10.1. The lowest BCUT2D eigenvalue weighted by molar-refractivity contribution is -0.651. The normalized spacial score (nSPS) is 11.9. The highest BCUT2D eigenvalue weighted by Gasteiger charge is 2.30. The minimum absolute atomic E-state index is 0.0335. The molecule has 0 bridgehead atoms. The van der Waals surface area contributed by atoms with Gasteiger partial charge in [0.2, 0.25) is 21.3 Å². The molecule has 8 heteroatoms. The molecule has 0 radical (unpaired) electrons. The number of pyridine rings is 2. The van der Waals surface area contributed by atoms with Crippen molar-refractivity contribution in [2.24, 2.45) is 0 Å². The summed E-state index contributed by atoms with van der Waals surface area (Å²) in [6, 6.07) is 17.8. The van der Waals surface area contributed by atoms with Crippen LogP contribution in [0.15, 0.2) is 81.4 Å². The lowest BCUT2D eigenvalue weighted by Crippen LogP contribution is -2.42. The van der Waals surface area contributed by atoms with Crippen molar-refractivity contribution in [3.05, 3.63) is 105 Å². The number of benzene rings is 2. The second-order valence-electron chi connectivity index (χ2n) is 9.25. The van der Waals surface area contributed by atoms with Crippen molar-refractivity contribution in [1.82, 2.24) is 9.38 Å². The van der Waals surface area contributed by atoms with E-state index in [0.29, 0.717) is 11.3 Å². The number of aromatic nitrogens is 3. The van der Waals surface area contributed by atoms with E-state index in [0.717, 1.165) is 27.8 Å². The Morgan fingerprint density at radius 1 is 0.917 bits per heavy atom. The Kier molecular flexibility index (Phi) is 5.64. The van der Waals surface area contributed by atoms with Crippen LogP contribution in [0.4, 0.5) is 5.82 Å². The molecule has 7 nitrogen and oxygen atoms in total. The Balaban J connectivity index is 1.87. The van der Waals surface area contributed by atoms with E-state index in [9.17, 15) is 13.2 Å². The molecule has 0 unspecified atom stereocenters. The molecule has 5 rings (SSSR count). The van der Waals surface area contributed by atoms with Gasteiger partial charge in [0.05, 0.1) is 11.4 Å². The van der Waals surface area contributed by atoms with E-state index in [1.54, 1.807) is 35.0 Å². The molecule has 2 N–H and O–H groups in total. The van der Waals surface area contributed by atoms with Crippen LogP contribution in [-0.2, 0) is 16.4 Å². The van der Waals surface area contributed by atoms with Crippen LogP contribution in [0.3, 0.4) is 0 Å². The molecule has 0 aliphatic carbocycles. The molecular weight excluding hydrogens is 472 g/mol. The molecule has 0 saturated heterocycles. The Hall–Kier alpha value is -4.04. The Labute approximate surface area is 209 Å². The number of nitrogens with zero attached hydrogens (tertiary/aromatic N) is 3. The SMILES string of the molecule is Cc1ccc(C[n+]2c(N)c(S(=O)(=O)c3ccc(C)c(C)c3)cc3c(=O)n4cccc(C)c4nc32)cc1. The van der Waals surface area contributed by atoms with Crippen molar-refractivity contribution in [1.29, 1.82) is 0 Å². The molecule has 0 aliphatic heterocycles. The number of rotatable bonds is 4. The van der Waals surface area contributed by atoms with Gasteiger partial charge >= 0.3 is 0 Å². The minimum Gasteiger partial charge on any atom is -0.317 e. The van der Waals surface area contributed by atoms with Gasteiger partial charge in [0.15, 0.2) is 0 Å². The van der Waals surface area contributed by atoms with Gasteiger partial charge in [-0.1, -0.05) is 46.9 Å². The third-order valence-corrected chi connectivity index (χ3v) is 8.46. The van der Waals surface area contributed by atoms with Crippen molar-refractivity contribution >= 4 is 32.3 Å². The van der Waals surface area contributed by atoms with Crippen molar-refractivity contribution < 1.29 is 13.0 Å². The summed E-state index contributed by atoms with van der Waals surface area (Å²) in [5.74, 6) is 0.0335. The van der Waals surface area contributed by atoms with Crippen LogP contribution in [0.1, 0.15) is 27.8 Å². The average molecular weight is 500 g/mol. The monoisotopic (exact) mass is 499 g/mol. The number of hydrogen-bond acceptors (Lipinski definition) is 5. The van der Waals surface area contributed by atoms with Gasteiger partial charge in [0, 0.05) is 11.8 Å². The zero-order valence-electron chi connectivity index (χ0n) is 20.6. The van der Waals surface area contributed by atoms with Gasteiger partial charge in [-0.25, -0.2) is 13.0 Å². The Bertz CT molecular complexity index is 1840. The number of sulfone groups is 1. The summed E-state index contributed by atoms with van der Waals surface area (Å²) in [4.78, 5) is 18.4. The van der Waals surface area contributed by atoms with E-state index in [4.69, 9.17) is 10.7 Å². The smallest absolute Gasteiger partial charge is 0.278 e. The second kappa shape index (κ2) is 8.57. The van der Waals surface area contributed by atoms with Crippen LogP contribution in [0.5, 0.6) is 0 Å². The van der Waals surface area contributed by atoms with Crippen LogP contribution < -0.4 is 15.9 Å². The molecule has 0 spiro atoms. The van der Waals surface area contributed by atoms with Crippen LogP contribution in [0.2, 0.25) is 0 Å². The van der Waals surface area contributed by atoms with Gasteiger partial charge in [-0.3, -0.25) is 9.20 Å².